The summed E-state index contributed by atoms with van der Waals surface area (Å²) in [5, 5.41) is 3.47. The fourth-order valence-corrected chi connectivity index (χ4v) is 4.23. The summed E-state index contributed by atoms with van der Waals surface area (Å²) in [5.41, 5.74) is 2.06. The Hall–Kier alpha value is -2.61. The largest absolute Gasteiger partial charge is 0.465 e. The third-order valence-electron chi connectivity index (χ3n) is 5.92. The molecule has 0 aliphatic carbocycles. The number of nitrogens with one attached hydrogen (secondary N) is 1. The molecule has 3 heterocycles. The van der Waals surface area contributed by atoms with Crippen molar-refractivity contribution in [2.24, 2.45) is 0 Å². The summed E-state index contributed by atoms with van der Waals surface area (Å²) in [4.78, 5) is 30.1. The molecule has 0 saturated carbocycles. The maximum absolute atomic E-state index is 12.9. The Morgan fingerprint density at radius 1 is 1.06 bits per heavy atom. The Kier molecular flexibility index (Phi) is 7.44. The van der Waals surface area contributed by atoms with Crippen LogP contribution in [0.4, 0.5) is 0 Å². The molecule has 1 aliphatic rings. The quantitative estimate of drug-likeness (QED) is 0.629. The van der Waals surface area contributed by atoms with Gasteiger partial charge in [-0.25, -0.2) is 0 Å². The molecular formula is C24H30ClN3O4. The molecule has 7 nitrogen and oxygen atoms in total. The van der Waals surface area contributed by atoms with E-state index >= 15 is 0 Å². The molecule has 0 bridgehead atoms. The highest BCUT2D eigenvalue weighted by molar-refractivity contribution is 5.93. The maximum atomic E-state index is 12.9. The number of nitrogens with zero attached hydrogens (tertiary/aromatic N) is 2. The zero-order valence-electron chi connectivity index (χ0n) is 18.9. The number of halogens is 1. The fourth-order valence-electron chi connectivity index (χ4n) is 4.23. The molecule has 1 saturated heterocycles. The number of piperazine rings is 1. The van der Waals surface area contributed by atoms with Crippen LogP contribution in [0, 0.1) is 20.8 Å². The zero-order chi connectivity index (χ0) is 22.1. The first-order chi connectivity index (χ1) is 14.8. The van der Waals surface area contributed by atoms with Gasteiger partial charge in [-0.1, -0.05) is 6.07 Å². The highest BCUT2D eigenvalue weighted by atomic mass is 35.5. The van der Waals surface area contributed by atoms with E-state index in [4.69, 9.17) is 8.83 Å². The van der Waals surface area contributed by atoms with Crippen LogP contribution in [-0.2, 0) is 0 Å². The number of rotatable bonds is 5. The second-order valence-electron chi connectivity index (χ2n) is 8.44. The lowest BCUT2D eigenvalue weighted by Crippen LogP contribution is -2.48. The van der Waals surface area contributed by atoms with Crippen molar-refractivity contribution in [2.45, 2.75) is 26.8 Å². The Morgan fingerprint density at radius 2 is 1.78 bits per heavy atom. The number of aryl methyl sites for hydroxylation is 3. The van der Waals surface area contributed by atoms with Crippen molar-refractivity contribution >= 4 is 29.3 Å². The third kappa shape index (κ3) is 5.06. The zero-order valence-corrected chi connectivity index (χ0v) is 19.8. The molecular weight excluding hydrogens is 430 g/mol. The van der Waals surface area contributed by atoms with Gasteiger partial charge in [0.2, 0.25) is 0 Å². The molecule has 32 heavy (non-hydrogen) atoms. The molecule has 0 spiro atoms. The number of likely N-dealkylation sites (N-methyl/N-ethyl adjacent to an activating group) is 1. The van der Waals surface area contributed by atoms with Gasteiger partial charge < -0.3 is 19.1 Å². The molecule has 2 aromatic heterocycles. The van der Waals surface area contributed by atoms with E-state index in [1.54, 1.807) is 6.07 Å². The molecule has 1 aromatic carbocycles. The van der Waals surface area contributed by atoms with Gasteiger partial charge in [-0.05, 0) is 57.1 Å². The normalized spacial score (nSPS) is 16.0. The van der Waals surface area contributed by atoms with Crippen LogP contribution in [0.3, 0.4) is 0 Å². The highest BCUT2D eigenvalue weighted by Gasteiger charge is 2.27. The minimum absolute atomic E-state index is 0. The smallest absolute Gasteiger partial charge is 0.287 e. The van der Waals surface area contributed by atoms with Crippen LogP contribution in [-0.4, -0.2) is 55.5 Å². The van der Waals surface area contributed by atoms with Gasteiger partial charge in [-0.3, -0.25) is 14.5 Å². The van der Waals surface area contributed by atoms with Crippen molar-refractivity contribution < 1.29 is 13.6 Å². The van der Waals surface area contributed by atoms with E-state index in [9.17, 15) is 9.59 Å². The van der Waals surface area contributed by atoms with Crippen LogP contribution in [0.2, 0.25) is 0 Å². The molecule has 4 rings (SSSR count). The maximum Gasteiger partial charge on any atom is 0.287 e. The summed E-state index contributed by atoms with van der Waals surface area (Å²) in [5.74, 6) is 1.29. The second kappa shape index (κ2) is 9.90. The molecule has 1 N–H and O–H groups in total. The van der Waals surface area contributed by atoms with Gasteiger partial charge in [0, 0.05) is 38.8 Å². The van der Waals surface area contributed by atoms with E-state index in [2.05, 4.69) is 22.2 Å². The van der Waals surface area contributed by atoms with Crippen LogP contribution in [0.15, 0.2) is 44.0 Å². The molecule has 1 aliphatic heterocycles. The van der Waals surface area contributed by atoms with Crippen LogP contribution in [0.1, 0.15) is 39.2 Å². The first-order valence-corrected chi connectivity index (χ1v) is 10.6. The Balaban J connectivity index is 0.00000289. The summed E-state index contributed by atoms with van der Waals surface area (Å²) >= 11 is 0. The highest BCUT2D eigenvalue weighted by Crippen LogP contribution is 2.24. The second-order valence-corrected chi connectivity index (χ2v) is 8.44. The van der Waals surface area contributed by atoms with Crippen molar-refractivity contribution in [1.29, 1.82) is 0 Å². The van der Waals surface area contributed by atoms with E-state index in [1.165, 1.54) is 6.07 Å². The number of benzene rings is 1. The molecule has 0 radical (unpaired) electrons. The van der Waals surface area contributed by atoms with Gasteiger partial charge in [0.25, 0.3) is 5.91 Å². The Labute approximate surface area is 193 Å². The van der Waals surface area contributed by atoms with Gasteiger partial charge in [-0.15, -0.1) is 12.4 Å². The van der Waals surface area contributed by atoms with Gasteiger partial charge in [0.05, 0.1) is 11.4 Å². The van der Waals surface area contributed by atoms with E-state index < -0.39 is 5.91 Å². The first-order valence-electron chi connectivity index (χ1n) is 10.6. The summed E-state index contributed by atoms with van der Waals surface area (Å²) in [6, 6.07) is 8.83. The third-order valence-corrected chi connectivity index (χ3v) is 5.92. The molecule has 1 amide bonds. The number of carbonyl (C=O) groups excluding carboxylic acids is 1. The fraction of sp³-hybridized carbons (Fsp3) is 0.417. The summed E-state index contributed by atoms with van der Waals surface area (Å²) in [6.45, 7) is 9.79. The first kappa shape index (κ1) is 24.0. The van der Waals surface area contributed by atoms with Crippen LogP contribution >= 0.6 is 12.4 Å². The van der Waals surface area contributed by atoms with Crippen LogP contribution < -0.4 is 10.7 Å². The molecule has 1 atom stereocenters. The van der Waals surface area contributed by atoms with Crippen molar-refractivity contribution in [3.8, 4) is 0 Å². The lowest BCUT2D eigenvalue weighted by Gasteiger charge is -2.37. The lowest BCUT2D eigenvalue weighted by molar-refractivity contribution is 0.0830. The molecule has 8 heteroatoms. The molecule has 1 fully saturated rings. The topological polar surface area (TPSA) is 78.9 Å². The number of amides is 1. The number of hydrogen-bond acceptors (Lipinski definition) is 6. The number of furan rings is 1. The van der Waals surface area contributed by atoms with Crippen molar-refractivity contribution in [2.75, 3.05) is 39.8 Å². The average molecular weight is 460 g/mol. The lowest BCUT2D eigenvalue weighted by atomic mass is 10.1. The van der Waals surface area contributed by atoms with Crippen molar-refractivity contribution in [3.63, 3.8) is 0 Å². The average Bonchev–Trinajstić information content (AvgIpc) is 3.14. The van der Waals surface area contributed by atoms with Gasteiger partial charge in [0.15, 0.2) is 11.2 Å². The van der Waals surface area contributed by atoms with Crippen molar-refractivity contribution in [1.82, 2.24) is 15.1 Å². The molecule has 1 unspecified atom stereocenters. The van der Waals surface area contributed by atoms with E-state index in [-0.39, 0.29) is 29.6 Å². The van der Waals surface area contributed by atoms with Gasteiger partial charge in [-0.2, -0.15) is 0 Å². The minimum Gasteiger partial charge on any atom is -0.465 e. The Bertz CT molecular complexity index is 1160. The van der Waals surface area contributed by atoms with Crippen LogP contribution in [0.25, 0.3) is 11.0 Å². The Morgan fingerprint density at radius 3 is 2.44 bits per heavy atom. The van der Waals surface area contributed by atoms with E-state index in [1.807, 2.05) is 39.0 Å². The number of hydrogen-bond donors (Lipinski definition) is 1. The summed E-state index contributed by atoms with van der Waals surface area (Å²) in [6.07, 6.45) is 0. The monoisotopic (exact) mass is 459 g/mol. The number of fused-ring (bicyclic) bond motifs is 1. The van der Waals surface area contributed by atoms with Gasteiger partial charge in [0.1, 0.15) is 17.1 Å². The summed E-state index contributed by atoms with van der Waals surface area (Å²) < 4.78 is 11.7. The minimum atomic E-state index is -0.402. The molecule has 172 valence electrons. The number of carbonyl (C=O) groups is 1. The summed E-state index contributed by atoms with van der Waals surface area (Å²) in [7, 11) is 2.11. The van der Waals surface area contributed by atoms with Gasteiger partial charge >= 0.3 is 0 Å². The molecule has 3 aromatic rings. The standard InChI is InChI=1S/C24H29N3O4.ClH/c1-15-11-16(2)23-19(28)13-22(31-21(23)12-15)24(29)25-14-18(20-6-5-17(3)30-20)27-9-7-26(4)8-10-27;/h5-6,11-13,18H,7-10,14H2,1-4H3,(H,25,29);1H. The predicted molar refractivity (Wildman–Crippen MR) is 127 cm³/mol. The predicted octanol–water partition coefficient (Wildman–Crippen LogP) is 3.45. The van der Waals surface area contributed by atoms with E-state index in [0.29, 0.717) is 17.5 Å². The van der Waals surface area contributed by atoms with E-state index in [0.717, 1.165) is 48.8 Å². The van der Waals surface area contributed by atoms with Crippen molar-refractivity contribution in [3.05, 3.63) is 69.0 Å². The SMILES string of the molecule is Cc1cc(C)c2c(=O)cc(C(=O)NCC(c3ccc(C)o3)N3CCN(C)CC3)oc2c1.Cl. The van der Waals surface area contributed by atoms with Crippen LogP contribution in [0.5, 0.6) is 0 Å².